The Morgan fingerprint density at radius 2 is 2.18 bits per heavy atom. The molecule has 0 amide bonds. The number of nitrogens with zero attached hydrogens (tertiary/aromatic N) is 1. The summed E-state index contributed by atoms with van der Waals surface area (Å²) in [6.07, 6.45) is 7.14. The van der Waals surface area contributed by atoms with Crippen LogP contribution in [0.1, 0.15) is 53.4 Å². The maximum atomic E-state index is 7.43. The largest absolute Gasteiger partial charge is 0.311 e. The van der Waals surface area contributed by atoms with Gasteiger partial charge in [0, 0.05) is 19.8 Å². The number of hydrogen-bond acceptors (Lipinski definition) is 0. The van der Waals surface area contributed by atoms with E-state index in [1.165, 1.54) is 12.8 Å². The highest BCUT2D eigenvalue weighted by atomic mass is 14.8. The summed E-state index contributed by atoms with van der Waals surface area (Å²) >= 11 is 0. The third-order valence-corrected chi connectivity index (χ3v) is 5.16. The second-order valence-electron chi connectivity index (χ2n) is 6.71. The molecule has 17 heavy (non-hydrogen) atoms. The summed E-state index contributed by atoms with van der Waals surface area (Å²) in [4.78, 5) is 3.92. The number of hydrogen-bond donors (Lipinski definition) is 0. The number of rotatable bonds is 1. The zero-order valence-corrected chi connectivity index (χ0v) is 11.7. The van der Waals surface area contributed by atoms with Crippen molar-refractivity contribution in [2.75, 3.05) is 0 Å². The summed E-state index contributed by atoms with van der Waals surface area (Å²) in [5.41, 5.74) is 1.52. The molecule has 4 atom stereocenters. The van der Waals surface area contributed by atoms with Gasteiger partial charge in [0.2, 0.25) is 5.54 Å². The van der Waals surface area contributed by atoms with Crippen LogP contribution in [0.25, 0.3) is 4.85 Å². The molecule has 0 saturated heterocycles. The van der Waals surface area contributed by atoms with Gasteiger partial charge in [-0.05, 0) is 43.4 Å². The Balaban J connectivity index is 2.25. The van der Waals surface area contributed by atoms with Crippen molar-refractivity contribution in [3.05, 3.63) is 23.1 Å². The molecule has 0 N–H and O–H groups in total. The fraction of sp³-hybridized carbons (Fsp3) is 0.812. The minimum absolute atomic E-state index is 0.0775. The molecule has 2 aliphatic rings. The van der Waals surface area contributed by atoms with Crippen LogP contribution in [0.3, 0.4) is 0 Å². The van der Waals surface area contributed by atoms with Crippen LogP contribution in [-0.2, 0) is 0 Å². The SMILES string of the molecule is [C-]#[N+][C@]1(C)CC[C@@H]2C(C)=CC[C@H](C(C)C)[C@@H]2C1. The quantitative estimate of drug-likeness (QED) is 0.455. The molecule has 1 saturated carbocycles. The van der Waals surface area contributed by atoms with Crippen molar-refractivity contribution in [3.63, 3.8) is 0 Å². The second kappa shape index (κ2) is 4.48. The monoisotopic (exact) mass is 231 g/mol. The first-order valence-electron chi connectivity index (χ1n) is 7.02. The molecule has 1 nitrogen and oxygen atoms in total. The summed E-state index contributed by atoms with van der Waals surface area (Å²) in [7, 11) is 0. The van der Waals surface area contributed by atoms with Crippen LogP contribution >= 0.6 is 0 Å². The van der Waals surface area contributed by atoms with Crippen LogP contribution in [0.15, 0.2) is 11.6 Å². The van der Waals surface area contributed by atoms with E-state index < -0.39 is 0 Å². The van der Waals surface area contributed by atoms with Gasteiger partial charge in [0.1, 0.15) is 0 Å². The van der Waals surface area contributed by atoms with E-state index in [0.29, 0.717) is 0 Å². The Kier molecular flexibility index (Phi) is 3.34. The molecule has 0 aliphatic heterocycles. The first-order valence-corrected chi connectivity index (χ1v) is 7.02. The molecule has 0 bridgehead atoms. The van der Waals surface area contributed by atoms with Crippen LogP contribution < -0.4 is 0 Å². The van der Waals surface area contributed by atoms with Crippen molar-refractivity contribution in [2.24, 2.45) is 23.7 Å². The molecule has 0 aromatic rings. The fourth-order valence-electron chi connectivity index (χ4n) is 3.96. The maximum Gasteiger partial charge on any atom is 0.230 e. The lowest BCUT2D eigenvalue weighted by molar-refractivity contribution is 0.107. The van der Waals surface area contributed by atoms with Gasteiger partial charge in [-0.25, -0.2) is 6.57 Å². The maximum absolute atomic E-state index is 7.43. The molecular weight excluding hydrogens is 206 g/mol. The minimum atomic E-state index is -0.0775. The van der Waals surface area contributed by atoms with E-state index in [9.17, 15) is 0 Å². The van der Waals surface area contributed by atoms with Gasteiger partial charge in [-0.1, -0.05) is 25.5 Å². The molecule has 0 heterocycles. The Bertz CT molecular complexity index is 360. The molecule has 0 aromatic carbocycles. The van der Waals surface area contributed by atoms with E-state index in [2.05, 4.69) is 38.6 Å². The van der Waals surface area contributed by atoms with Crippen molar-refractivity contribution in [3.8, 4) is 0 Å². The molecule has 2 aliphatic carbocycles. The Morgan fingerprint density at radius 1 is 1.47 bits per heavy atom. The van der Waals surface area contributed by atoms with Crippen molar-refractivity contribution < 1.29 is 0 Å². The number of fused-ring (bicyclic) bond motifs is 1. The predicted molar refractivity (Wildman–Crippen MR) is 72.5 cm³/mol. The molecule has 94 valence electrons. The summed E-state index contributed by atoms with van der Waals surface area (Å²) < 4.78 is 0. The van der Waals surface area contributed by atoms with Crippen molar-refractivity contribution in [1.82, 2.24) is 0 Å². The zero-order chi connectivity index (χ0) is 12.6. The van der Waals surface area contributed by atoms with Crippen LogP contribution in [0.2, 0.25) is 0 Å². The van der Waals surface area contributed by atoms with Gasteiger partial charge in [-0.2, -0.15) is 0 Å². The zero-order valence-electron chi connectivity index (χ0n) is 11.7. The van der Waals surface area contributed by atoms with Gasteiger partial charge in [0.05, 0.1) is 0 Å². The van der Waals surface area contributed by atoms with Crippen LogP contribution in [0.4, 0.5) is 0 Å². The standard InChI is InChI=1S/C16H25N/c1-11(2)13-7-6-12(3)14-8-9-16(4,17-5)10-15(13)14/h6,11,13-15H,7-10H2,1-4H3/t13-,14-,15+,16-/m1/s1. The van der Waals surface area contributed by atoms with Crippen LogP contribution in [0, 0.1) is 30.2 Å². The summed E-state index contributed by atoms with van der Waals surface area (Å²) in [6.45, 7) is 16.6. The molecule has 1 heteroatoms. The normalized spacial score (nSPS) is 41.6. The topological polar surface area (TPSA) is 4.36 Å². The first kappa shape index (κ1) is 12.7. The first-order chi connectivity index (χ1) is 7.97. The fourth-order valence-corrected chi connectivity index (χ4v) is 3.96. The predicted octanol–water partition coefficient (Wildman–Crippen LogP) is 4.70. The Hall–Kier alpha value is -0.770. The van der Waals surface area contributed by atoms with E-state index in [-0.39, 0.29) is 5.54 Å². The molecule has 0 radical (unpaired) electrons. The second-order valence-corrected chi connectivity index (χ2v) is 6.71. The van der Waals surface area contributed by atoms with Gasteiger partial charge in [-0.3, -0.25) is 0 Å². The summed E-state index contributed by atoms with van der Waals surface area (Å²) in [5, 5.41) is 0. The van der Waals surface area contributed by atoms with E-state index >= 15 is 0 Å². The van der Waals surface area contributed by atoms with Gasteiger partial charge in [-0.15, -0.1) is 0 Å². The van der Waals surface area contributed by atoms with Crippen molar-refractivity contribution in [1.29, 1.82) is 0 Å². The Morgan fingerprint density at radius 3 is 2.76 bits per heavy atom. The average molecular weight is 231 g/mol. The van der Waals surface area contributed by atoms with Crippen LogP contribution in [-0.4, -0.2) is 5.54 Å². The van der Waals surface area contributed by atoms with Gasteiger partial charge in [0.25, 0.3) is 0 Å². The van der Waals surface area contributed by atoms with Crippen molar-refractivity contribution >= 4 is 0 Å². The lowest BCUT2D eigenvalue weighted by Gasteiger charge is -2.45. The molecule has 0 unspecified atom stereocenters. The highest BCUT2D eigenvalue weighted by Crippen LogP contribution is 2.50. The third kappa shape index (κ3) is 2.28. The minimum Gasteiger partial charge on any atom is -0.311 e. The third-order valence-electron chi connectivity index (χ3n) is 5.16. The number of allylic oxidation sites excluding steroid dienone is 2. The smallest absolute Gasteiger partial charge is 0.230 e. The van der Waals surface area contributed by atoms with E-state index in [1.54, 1.807) is 5.57 Å². The van der Waals surface area contributed by atoms with E-state index in [1.807, 2.05) is 0 Å². The van der Waals surface area contributed by atoms with E-state index in [4.69, 9.17) is 6.57 Å². The highest BCUT2D eigenvalue weighted by molar-refractivity contribution is 5.16. The van der Waals surface area contributed by atoms with Gasteiger partial charge < -0.3 is 4.85 Å². The summed E-state index contributed by atoms with van der Waals surface area (Å²) in [6, 6.07) is 0. The average Bonchev–Trinajstić information content (AvgIpc) is 2.29. The highest BCUT2D eigenvalue weighted by Gasteiger charge is 2.47. The van der Waals surface area contributed by atoms with Gasteiger partial charge in [0.15, 0.2) is 0 Å². The molecule has 1 fully saturated rings. The van der Waals surface area contributed by atoms with Gasteiger partial charge >= 0.3 is 0 Å². The molecule has 0 spiro atoms. The molecular formula is C16H25N. The molecule has 0 aromatic heterocycles. The lowest BCUT2D eigenvalue weighted by Crippen LogP contribution is -2.41. The Labute approximate surface area is 106 Å². The lowest BCUT2D eigenvalue weighted by atomic mass is 9.59. The summed E-state index contributed by atoms with van der Waals surface area (Å²) in [5.74, 6) is 3.07. The van der Waals surface area contributed by atoms with Crippen LogP contribution in [0.5, 0.6) is 0 Å². The molecule has 2 rings (SSSR count). The van der Waals surface area contributed by atoms with Crippen molar-refractivity contribution in [2.45, 2.75) is 58.9 Å². The van der Waals surface area contributed by atoms with E-state index in [0.717, 1.165) is 36.5 Å².